The molecule has 2 rings (SSSR count). The van der Waals surface area contributed by atoms with Crippen LogP contribution < -0.4 is 10.1 Å². The van der Waals surface area contributed by atoms with Gasteiger partial charge in [-0.15, -0.1) is 0 Å². The molecular formula is C16H17ClFNO. The van der Waals surface area contributed by atoms with E-state index in [9.17, 15) is 4.39 Å². The molecule has 0 unspecified atom stereocenters. The van der Waals surface area contributed by atoms with Crippen LogP contribution in [0.1, 0.15) is 18.9 Å². The summed E-state index contributed by atoms with van der Waals surface area (Å²) in [5.41, 5.74) is 0.839. The van der Waals surface area contributed by atoms with E-state index in [0.717, 1.165) is 18.5 Å². The van der Waals surface area contributed by atoms with Gasteiger partial charge in [0, 0.05) is 17.1 Å². The second-order valence-corrected chi connectivity index (χ2v) is 4.83. The quantitative estimate of drug-likeness (QED) is 0.775. The van der Waals surface area contributed by atoms with Gasteiger partial charge in [-0.05, 0) is 37.2 Å². The summed E-state index contributed by atoms with van der Waals surface area (Å²) in [5.74, 6) is 0.387. The van der Waals surface area contributed by atoms with E-state index in [1.54, 1.807) is 36.4 Å². The molecule has 106 valence electrons. The van der Waals surface area contributed by atoms with E-state index in [-0.39, 0.29) is 11.6 Å². The maximum Gasteiger partial charge on any atom is 0.165 e. The highest BCUT2D eigenvalue weighted by atomic mass is 35.5. The molecule has 20 heavy (non-hydrogen) atoms. The molecule has 2 aromatic carbocycles. The SMILES string of the molecule is CCCNCc1c(Cl)cccc1Oc1ccccc1F. The number of hydrogen-bond donors (Lipinski definition) is 1. The van der Waals surface area contributed by atoms with Crippen molar-refractivity contribution in [3.8, 4) is 11.5 Å². The molecule has 0 saturated heterocycles. The Morgan fingerprint density at radius 3 is 2.60 bits per heavy atom. The Bertz CT molecular complexity index is 574. The summed E-state index contributed by atoms with van der Waals surface area (Å²) in [6.07, 6.45) is 1.04. The molecule has 0 spiro atoms. The highest BCUT2D eigenvalue weighted by molar-refractivity contribution is 6.31. The van der Waals surface area contributed by atoms with Crippen LogP contribution in [0.4, 0.5) is 4.39 Å². The second kappa shape index (κ2) is 7.27. The molecule has 0 aliphatic heterocycles. The van der Waals surface area contributed by atoms with Crippen molar-refractivity contribution in [2.45, 2.75) is 19.9 Å². The van der Waals surface area contributed by atoms with Gasteiger partial charge >= 0.3 is 0 Å². The van der Waals surface area contributed by atoms with Crippen molar-refractivity contribution >= 4 is 11.6 Å². The first-order chi connectivity index (χ1) is 9.72. The second-order valence-electron chi connectivity index (χ2n) is 4.43. The van der Waals surface area contributed by atoms with E-state index in [0.29, 0.717) is 17.3 Å². The van der Waals surface area contributed by atoms with Crippen molar-refractivity contribution in [1.82, 2.24) is 5.32 Å². The molecule has 0 bridgehead atoms. The lowest BCUT2D eigenvalue weighted by molar-refractivity contribution is 0.436. The van der Waals surface area contributed by atoms with Gasteiger partial charge in [0.1, 0.15) is 5.75 Å². The molecule has 4 heteroatoms. The van der Waals surface area contributed by atoms with Gasteiger partial charge in [0.15, 0.2) is 11.6 Å². The maximum absolute atomic E-state index is 13.6. The van der Waals surface area contributed by atoms with Crippen LogP contribution in [0.15, 0.2) is 42.5 Å². The summed E-state index contributed by atoms with van der Waals surface area (Å²) < 4.78 is 19.3. The highest BCUT2D eigenvalue weighted by Crippen LogP contribution is 2.31. The summed E-state index contributed by atoms with van der Waals surface area (Å²) in [4.78, 5) is 0. The third kappa shape index (κ3) is 3.71. The zero-order chi connectivity index (χ0) is 14.4. The number of hydrogen-bond acceptors (Lipinski definition) is 2. The standard InChI is InChI=1S/C16H17ClFNO/c1-2-10-19-11-12-13(17)6-5-9-15(12)20-16-8-4-3-7-14(16)18/h3-9,19H,2,10-11H2,1H3. The first-order valence-corrected chi connectivity index (χ1v) is 7.00. The Balaban J connectivity index is 2.23. The Labute approximate surface area is 123 Å². The molecular weight excluding hydrogens is 277 g/mol. The van der Waals surface area contributed by atoms with Crippen LogP contribution in [-0.2, 0) is 6.54 Å². The molecule has 0 saturated carbocycles. The average molecular weight is 294 g/mol. The number of para-hydroxylation sites is 1. The fraction of sp³-hybridized carbons (Fsp3) is 0.250. The van der Waals surface area contributed by atoms with Crippen molar-refractivity contribution in [2.75, 3.05) is 6.54 Å². The van der Waals surface area contributed by atoms with Crippen LogP contribution in [0.2, 0.25) is 5.02 Å². The van der Waals surface area contributed by atoms with Gasteiger partial charge in [0.25, 0.3) is 0 Å². The zero-order valence-electron chi connectivity index (χ0n) is 11.3. The van der Waals surface area contributed by atoms with E-state index >= 15 is 0 Å². The minimum absolute atomic E-state index is 0.200. The van der Waals surface area contributed by atoms with Gasteiger partial charge in [0.2, 0.25) is 0 Å². The number of rotatable bonds is 6. The summed E-state index contributed by atoms with van der Waals surface area (Å²) >= 11 is 6.20. The monoisotopic (exact) mass is 293 g/mol. The lowest BCUT2D eigenvalue weighted by Crippen LogP contribution is -2.14. The Morgan fingerprint density at radius 2 is 1.85 bits per heavy atom. The van der Waals surface area contributed by atoms with E-state index in [4.69, 9.17) is 16.3 Å². The van der Waals surface area contributed by atoms with Gasteiger partial charge in [-0.3, -0.25) is 0 Å². The van der Waals surface area contributed by atoms with Crippen molar-refractivity contribution in [2.24, 2.45) is 0 Å². The number of nitrogens with one attached hydrogen (secondary N) is 1. The van der Waals surface area contributed by atoms with Crippen LogP contribution in [0.25, 0.3) is 0 Å². The Hall–Kier alpha value is -1.58. The van der Waals surface area contributed by atoms with Gasteiger partial charge in [0.05, 0.1) is 0 Å². The van der Waals surface area contributed by atoms with Crippen LogP contribution in [0.5, 0.6) is 11.5 Å². The molecule has 0 atom stereocenters. The minimum Gasteiger partial charge on any atom is -0.454 e. The van der Waals surface area contributed by atoms with Crippen molar-refractivity contribution < 1.29 is 9.13 Å². The maximum atomic E-state index is 13.6. The van der Waals surface area contributed by atoms with Gasteiger partial charge in [-0.2, -0.15) is 0 Å². The first-order valence-electron chi connectivity index (χ1n) is 6.63. The van der Waals surface area contributed by atoms with Crippen molar-refractivity contribution in [1.29, 1.82) is 0 Å². The lowest BCUT2D eigenvalue weighted by Gasteiger charge is -2.13. The molecule has 1 N–H and O–H groups in total. The molecule has 0 aromatic heterocycles. The summed E-state index contributed by atoms with van der Waals surface area (Å²) in [6, 6.07) is 11.7. The fourth-order valence-corrected chi connectivity index (χ4v) is 2.07. The topological polar surface area (TPSA) is 21.3 Å². The van der Waals surface area contributed by atoms with Gasteiger partial charge in [-0.25, -0.2) is 4.39 Å². The largest absolute Gasteiger partial charge is 0.454 e. The third-order valence-electron chi connectivity index (χ3n) is 2.86. The van der Waals surface area contributed by atoms with Gasteiger partial charge in [-0.1, -0.05) is 36.7 Å². The molecule has 0 aliphatic carbocycles. The molecule has 0 aliphatic rings. The predicted octanol–water partition coefficient (Wildman–Crippen LogP) is 4.77. The summed E-state index contributed by atoms with van der Waals surface area (Å²) in [5, 5.41) is 3.89. The third-order valence-corrected chi connectivity index (χ3v) is 3.22. The normalized spacial score (nSPS) is 10.6. The molecule has 0 amide bonds. The molecule has 2 nitrogen and oxygen atoms in total. The highest BCUT2D eigenvalue weighted by Gasteiger charge is 2.10. The molecule has 0 heterocycles. The summed E-state index contributed by atoms with van der Waals surface area (Å²) in [7, 11) is 0. The van der Waals surface area contributed by atoms with E-state index in [2.05, 4.69) is 12.2 Å². The Kier molecular flexibility index (Phi) is 5.39. The fourth-order valence-electron chi connectivity index (χ4n) is 1.84. The number of halogens is 2. The van der Waals surface area contributed by atoms with E-state index in [1.807, 2.05) is 0 Å². The van der Waals surface area contributed by atoms with Crippen molar-refractivity contribution in [3.05, 3.63) is 58.9 Å². The Morgan fingerprint density at radius 1 is 1.10 bits per heavy atom. The van der Waals surface area contributed by atoms with Crippen molar-refractivity contribution in [3.63, 3.8) is 0 Å². The zero-order valence-corrected chi connectivity index (χ0v) is 12.1. The molecule has 0 fully saturated rings. The van der Waals surface area contributed by atoms with Crippen LogP contribution >= 0.6 is 11.6 Å². The van der Waals surface area contributed by atoms with E-state index < -0.39 is 0 Å². The lowest BCUT2D eigenvalue weighted by atomic mass is 10.2. The van der Waals surface area contributed by atoms with Crippen LogP contribution in [0, 0.1) is 5.82 Å². The van der Waals surface area contributed by atoms with E-state index in [1.165, 1.54) is 6.07 Å². The first kappa shape index (κ1) is 14.8. The number of benzene rings is 2. The van der Waals surface area contributed by atoms with Crippen LogP contribution in [-0.4, -0.2) is 6.54 Å². The summed E-state index contributed by atoms with van der Waals surface area (Å²) in [6.45, 7) is 3.58. The predicted molar refractivity (Wildman–Crippen MR) is 79.9 cm³/mol. The van der Waals surface area contributed by atoms with Crippen LogP contribution in [0.3, 0.4) is 0 Å². The smallest absolute Gasteiger partial charge is 0.165 e. The number of ether oxygens (including phenoxy) is 1. The average Bonchev–Trinajstić information content (AvgIpc) is 2.44. The molecule has 0 radical (unpaired) electrons. The molecule has 2 aromatic rings. The minimum atomic E-state index is -0.389. The van der Waals surface area contributed by atoms with Gasteiger partial charge < -0.3 is 10.1 Å².